The average molecular weight is 297 g/mol. The Balaban J connectivity index is 2.69. The number of carbonyl (C=O) groups is 1. The van der Waals surface area contributed by atoms with Gasteiger partial charge in [0.05, 0.1) is 5.54 Å². The summed E-state index contributed by atoms with van der Waals surface area (Å²) in [5, 5.41) is 0. The first-order valence-electron chi connectivity index (χ1n) is 8.20. The van der Waals surface area contributed by atoms with Crippen molar-refractivity contribution in [2.45, 2.75) is 72.1 Å². The first-order valence-corrected chi connectivity index (χ1v) is 8.20. The summed E-state index contributed by atoms with van der Waals surface area (Å²) in [5.41, 5.74) is 1.22. The summed E-state index contributed by atoms with van der Waals surface area (Å²) in [7, 11) is 0. The van der Waals surface area contributed by atoms with Gasteiger partial charge in [0.25, 0.3) is 0 Å². The lowest BCUT2D eigenvalue weighted by Gasteiger charge is -2.23. The highest BCUT2D eigenvalue weighted by Crippen LogP contribution is 2.32. The van der Waals surface area contributed by atoms with Gasteiger partial charge in [0.1, 0.15) is 6.29 Å². The molecule has 0 aliphatic carbocycles. The van der Waals surface area contributed by atoms with Crippen LogP contribution in [0.4, 0.5) is 0 Å². The molecule has 0 aromatic rings. The summed E-state index contributed by atoms with van der Waals surface area (Å²) in [6.45, 7) is 11.5. The third-order valence-corrected chi connectivity index (χ3v) is 4.14. The van der Waals surface area contributed by atoms with Gasteiger partial charge in [-0.3, -0.25) is 4.99 Å². The second-order valence-corrected chi connectivity index (χ2v) is 6.43. The van der Waals surface area contributed by atoms with Crippen LogP contribution in [0.15, 0.2) is 4.99 Å². The van der Waals surface area contributed by atoms with E-state index in [-0.39, 0.29) is 23.7 Å². The van der Waals surface area contributed by atoms with Crippen LogP contribution in [-0.4, -0.2) is 37.0 Å². The highest BCUT2D eigenvalue weighted by molar-refractivity contribution is 5.90. The van der Waals surface area contributed by atoms with Gasteiger partial charge in [-0.2, -0.15) is 0 Å². The van der Waals surface area contributed by atoms with Crippen LogP contribution in [0.25, 0.3) is 0 Å². The molecule has 122 valence electrons. The molecule has 21 heavy (non-hydrogen) atoms. The molecular weight excluding hydrogens is 266 g/mol. The fourth-order valence-corrected chi connectivity index (χ4v) is 2.93. The van der Waals surface area contributed by atoms with E-state index in [0.29, 0.717) is 13.2 Å². The molecule has 0 saturated heterocycles. The summed E-state index contributed by atoms with van der Waals surface area (Å²) in [6, 6.07) is 0. The van der Waals surface area contributed by atoms with E-state index in [1.54, 1.807) is 0 Å². The lowest BCUT2D eigenvalue weighted by Crippen LogP contribution is -2.25. The minimum atomic E-state index is -0.170. The molecule has 2 atom stereocenters. The van der Waals surface area contributed by atoms with Crippen LogP contribution in [0.5, 0.6) is 0 Å². The molecule has 0 bridgehead atoms. The maximum Gasteiger partial charge on any atom is 0.157 e. The molecule has 0 N–H and O–H groups in total. The number of hydrogen-bond donors (Lipinski definition) is 0. The summed E-state index contributed by atoms with van der Waals surface area (Å²) < 4.78 is 11.2. The van der Waals surface area contributed by atoms with E-state index in [9.17, 15) is 4.79 Å². The molecule has 0 spiro atoms. The van der Waals surface area contributed by atoms with Gasteiger partial charge in [-0.15, -0.1) is 0 Å². The van der Waals surface area contributed by atoms with Gasteiger partial charge < -0.3 is 14.3 Å². The number of aldehydes is 1. The van der Waals surface area contributed by atoms with Crippen LogP contribution in [0.2, 0.25) is 0 Å². The van der Waals surface area contributed by atoms with Gasteiger partial charge >= 0.3 is 0 Å². The van der Waals surface area contributed by atoms with Gasteiger partial charge in [-0.25, -0.2) is 0 Å². The third-order valence-electron chi connectivity index (χ3n) is 4.14. The van der Waals surface area contributed by atoms with Crippen LogP contribution >= 0.6 is 0 Å². The topological polar surface area (TPSA) is 47.9 Å². The van der Waals surface area contributed by atoms with Crippen molar-refractivity contribution < 1.29 is 14.3 Å². The van der Waals surface area contributed by atoms with Gasteiger partial charge in [-0.05, 0) is 53.4 Å². The molecule has 0 saturated carbocycles. The summed E-state index contributed by atoms with van der Waals surface area (Å²) in [4.78, 5) is 16.1. The van der Waals surface area contributed by atoms with Crippen molar-refractivity contribution in [2.24, 2.45) is 16.8 Å². The smallest absolute Gasteiger partial charge is 0.157 e. The fourth-order valence-electron chi connectivity index (χ4n) is 2.93. The zero-order chi connectivity index (χ0) is 15.9. The van der Waals surface area contributed by atoms with E-state index in [2.05, 4.69) is 13.8 Å². The lowest BCUT2D eigenvalue weighted by atomic mass is 9.85. The van der Waals surface area contributed by atoms with Crippen molar-refractivity contribution >= 4 is 12.0 Å². The van der Waals surface area contributed by atoms with Crippen LogP contribution < -0.4 is 0 Å². The first kappa shape index (κ1) is 18.3. The lowest BCUT2D eigenvalue weighted by molar-refractivity contribution is -0.141. The Labute approximate surface area is 129 Å². The minimum Gasteiger partial charge on any atom is -0.353 e. The molecule has 0 amide bonds. The SMILES string of the molecule is CCOC(CCC(C1=NC(C)(C)CC1)C(C)C=O)OCC. The van der Waals surface area contributed by atoms with Crippen molar-refractivity contribution in [3.8, 4) is 0 Å². The number of hydrogen-bond acceptors (Lipinski definition) is 4. The van der Waals surface area contributed by atoms with Gasteiger partial charge in [0.2, 0.25) is 0 Å². The summed E-state index contributed by atoms with van der Waals surface area (Å²) >= 11 is 0. The molecule has 1 aliphatic heterocycles. The molecule has 0 aromatic heterocycles. The summed E-state index contributed by atoms with van der Waals surface area (Å²) in [5.74, 6) is 0.217. The molecule has 0 fully saturated rings. The van der Waals surface area contributed by atoms with E-state index in [1.165, 1.54) is 5.71 Å². The average Bonchev–Trinajstić information content (AvgIpc) is 2.79. The first-order chi connectivity index (χ1) is 9.93. The number of carbonyl (C=O) groups excluding carboxylic acids is 1. The molecule has 0 aromatic carbocycles. The van der Waals surface area contributed by atoms with Crippen LogP contribution in [-0.2, 0) is 14.3 Å². The third kappa shape index (κ3) is 5.87. The van der Waals surface area contributed by atoms with E-state index in [1.807, 2.05) is 20.8 Å². The zero-order valence-electron chi connectivity index (χ0n) is 14.2. The highest BCUT2D eigenvalue weighted by Gasteiger charge is 2.31. The number of aliphatic imine (C=N–C) groups is 1. The molecule has 1 aliphatic rings. The van der Waals surface area contributed by atoms with Crippen LogP contribution in [0.1, 0.15) is 60.3 Å². The number of nitrogens with zero attached hydrogens (tertiary/aromatic N) is 1. The predicted molar refractivity (Wildman–Crippen MR) is 85.7 cm³/mol. The van der Waals surface area contributed by atoms with Crippen molar-refractivity contribution in [1.82, 2.24) is 0 Å². The van der Waals surface area contributed by atoms with E-state index >= 15 is 0 Å². The Bertz CT molecular complexity index is 346. The Hall–Kier alpha value is -0.740. The highest BCUT2D eigenvalue weighted by atomic mass is 16.7. The quantitative estimate of drug-likeness (QED) is 0.457. The van der Waals surface area contributed by atoms with E-state index < -0.39 is 0 Å². The normalized spacial score (nSPS) is 20.4. The fraction of sp³-hybridized carbons (Fsp3) is 0.882. The van der Waals surface area contributed by atoms with Crippen molar-refractivity contribution in [3.05, 3.63) is 0 Å². The monoisotopic (exact) mass is 297 g/mol. The molecule has 4 nitrogen and oxygen atoms in total. The predicted octanol–water partition coefficient (Wildman–Crippen LogP) is 3.63. The second-order valence-electron chi connectivity index (χ2n) is 6.43. The van der Waals surface area contributed by atoms with Gasteiger partial charge in [-0.1, -0.05) is 6.92 Å². The van der Waals surface area contributed by atoms with Crippen LogP contribution in [0.3, 0.4) is 0 Å². The second kappa shape index (κ2) is 8.64. The van der Waals surface area contributed by atoms with Gasteiger partial charge in [0, 0.05) is 30.8 Å². The zero-order valence-corrected chi connectivity index (χ0v) is 14.2. The van der Waals surface area contributed by atoms with Crippen molar-refractivity contribution in [2.75, 3.05) is 13.2 Å². The Morgan fingerprint density at radius 3 is 2.29 bits per heavy atom. The van der Waals surface area contributed by atoms with Crippen molar-refractivity contribution in [1.29, 1.82) is 0 Å². The maximum atomic E-state index is 11.2. The standard InChI is InChI=1S/C17H31NO3/c1-6-20-16(21-7-2)9-8-14(13(3)12-19)15-10-11-17(4,5)18-15/h12-14,16H,6-11H2,1-5H3. The molecule has 1 rings (SSSR count). The molecule has 0 radical (unpaired) electrons. The number of ether oxygens (including phenoxy) is 2. The van der Waals surface area contributed by atoms with Crippen LogP contribution in [0, 0.1) is 11.8 Å². The maximum absolute atomic E-state index is 11.2. The van der Waals surface area contributed by atoms with Crippen molar-refractivity contribution in [3.63, 3.8) is 0 Å². The molecule has 2 unspecified atom stereocenters. The Morgan fingerprint density at radius 1 is 1.24 bits per heavy atom. The molecule has 4 heteroatoms. The van der Waals surface area contributed by atoms with E-state index in [4.69, 9.17) is 14.5 Å². The molecule has 1 heterocycles. The largest absolute Gasteiger partial charge is 0.353 e. The van der Waals surface area contributed by atoms with Gasteiger partial charge in [0.15, 0.2) is 6.29 Å². The van der Waals surface area contributed by atoms with E-state index in [0.717, 1.165) is 32.0 Å². The Morgan fingerprint density at radius 2 is 1.86 bits per heavy atom. The summed E-state index contributed by atoms with van der Waals surface area (Å²) in [6.07, 6.45) is 4.66. The minimum absolute atomic E-state index is 0.00144. The molecular formula is C17H31NO3. The Kier molecular flexibility index (Phi) is 7.53. The number of rotatable bonds is 10.